The molecule has 2 aromatic rings. The van der Waals surface area contributed by atoms with E-state index in [4.69, 9.17) is 14.6 Å². The molecule has 2 aliphatic rings. The van der Waals surface area contributed by atoms with Gasteiger partial charge in [-0.25, -0.2) is 13.2 Å². The Morgan fingerprint density at radius 1 is 0.897 bits per heavy atom. The lowest BCUT2D eigenvalue weighted by atomic mass is 9.71. The quantitative estimate of drug-likeness (QED) is 0.236. The van der Waals surface area contributed by atoms with Crippen LogP contribution in [-0.2, 0) is 4.74 Å². The summed E-state index contributed by atoms with van der Waals surface area (Å²) in [6, 6.07) is 5.26. The molecule has 0 radical (unpaired) electrons. The molecule has 0 amide bonds. The Morgan fingerprint density at radius 2 is 1.54 bits per heavy atom. The van der Waals surface area contributed by atoms with Crippen LogP contribution in [0.25, 0.3) is 11.1 Å². The van der Waals surface area contributed by atoms with Gasteiger partial charge in [-0.1, -0.05) is 19.8 Å². The van der Waals surface area contributed by atoms with Crippen LogP contribution in [0.1, 0.15) is 70.3 Å². The normalized spacial score (nSPS) is 24.9. The second kappa shape index (κ2) is 13.0. The number of benzene rings is 2. The Bertz CT molecular complexity index is 1070. The largest absolute Gasteiger partial charge is 0.432 e. The molecule has 2 aromatic carbocycles. The fourth-order valence-electron chi connectivity index (χ4n) is 6.35. The Balaban J connectivity index is 1.34. The van der Waals surface area contributed by atoms with Gasteiger partial charge in [0.05, 0.1) is 12.5 Å². The van der Waals surface area contributed by atoms with Crippen molar-refractivity contribution in [2.45, 2.75) is 77.7 Å². The molecule has 4 rings (SSSR count). The minimum absolute atomic E-state index is 0.0184. The second-order valence-corrected chi connectivity index (χ2v) is 11.6. The Labute approximate surface area is 227 Å². The molecule has 0 saturated heterocycles. The lowest BCUT2D eigenvalue weighted by molar-refractivity contribution is -0.223. The molecule has 39 heavy (non-hydrogen) atoms. The molecule has 8 heteroatoms. The first kappa shape index (κ1) is 29.8. The first-order valence-electron chi connectivity index (χ1n) is 14.1. The number of aliphatic hydroxyl groups is 1. The van der Waals surface area contributed by atoms with Gasteiger partial charge in [-0.05, 0) is 105 Å². The third-order valence-corrected chi connectivity index (χ3v) is 8.89. The van der Waals surface area contributed by atoms with Gasteiger partial charge in [0.15, 0.2) is 0 Å². The topological polar surface area (TPSA) is 38.7 Å². The number of ether oxygens (including phenoxy) is 2. The maximum atomic E-state index is 15.1. The summed E-state index contributed by atoms with van der Waals surface area (Å²) in [5.74, 6) is -1.93. The second-order valence-electron chi connectivity index (χ2n) is 11.6. The molecule has 0 aliphatic heterocycles. The van der Waals surface area contributed by atoms with Crippen LogP contribution in [0, 0.1) is 54.0 Å². The van der Waals surface area contributed by atoms with Crippen LogP contribution in [0.2, 0.25) is 0 Å². The van der Waals surface area contributed by atoms with E-state index in [0.717, 1.165) is 43.4 Å². The van der Waals surface area contributed by atoms with Gasteiger partial charge in [0.25, 0.3) is 0 Å². The molecule has 0 bridgehead atoms. The van der Waals surface area contributed by atoms with Crippen molar-refractivity contribution >= 4 is 0 Å². The van der Waals surface area contributed by atoms with Crippen LogP contribution < -0.4 is 4.74 Å². The van der Waals surface area contributed by atoms with E-state index in [9.17, 15) is 13.2 Å². The Kier molecular flexibility index (Phi) is 9.92. The van der Waals surface area contributed by atoms with Gasteiger partial charge in [-0.3, -0.25) is 0 Å². The molecule has 1 atom stereocenters. The standard InChI is InChI=1S/C31H39F5O3/c1-19-3-7-22(8-4-19)24(17-38-18-37)13-21-5-9-25(10-6-21)31(35,36)39-26-11-12-27(30(34)16-26)23-14-28(32)20(2)29(33)15-23/h11-12,14-16,19,21-22,24-25,37H,3-10,13,17-18H2,1-2H3. The van der Waals surface area contributed by atoms with E-state index in [-0.39, 0.29) is 29.2 Å². The number of halogens is 5. The van der Waals surface area contributed by atoms with E-state index in [0.29, 0.717) is 50.0 Å². The number of alkyl halides is 2. The summed E-state index contributed by atoms with van der Waals surface area (Å²) in [5, 5.41) is 9.16. The van der Waals surface area contributed by atoms with Gasteiger partial charge in [-0.2, -0.15) is 8.78 Å². The van der Waals surface area contributed by atoms with Gasteiger partial charge >= 0.3 is 6.11 Å². The summed E-state index contributed by atoms with van der Waals surface area (Å²) in [4.78, 5) is 0. The lowest BCUT2D eigenvalue weighted by Crippen LogP contribution is -2.37. The van der Waals surface area contributed by atoms with Crippen molar-refractivity contribution in [1.82, 2.24) is 0 Å². The molecular weight excluding hydrogens is 515 g/mol. The minimum atomic E-state index is -3.47. The summed E-state index contributed by atoms with van der Waals surface area (Å²) >= 11 is 0. The van der Waals surface area contributed by atoms with Crippen LogP contribution in [0.3, 0.4) is 0 Å². The Hall–Kier alpha value is -2.19. The third-order valence-electron chi connectivity index (χ3n) is 8.89. The van der Waals surface area contributed by atoms with E-state index in [1.807, 2.05) is 0 Å². The summed E-state index contributed by atoms with van der Waals surface area (Å²) in [5.41, 5.74) is -0.294. The maximum Gasteiger partial charge on any atom is 0.400 e. The predicted molar refractivity (Wildman–Crippen MR) is 140 cm³/mol. The molecule has 0 spiro atoms. The molecule has 0 aromatic heterocycles. The zero-order valence-electron chi connectivity index (χ0n) is 22.7. The van der Waals surface area contributed by atoms with Crippen LogP contribution in [-0.4, -0.2) is 24.6 Å². The van der Waals surface area contributed by atoms with Gasteiger partial charge in [0, 0.05) is 17.2 Å². The highest BCUT2D eigenvalue weighted by molar-refractivity contribution is 5.65. The van der Waals surface area contributed by atoms with Crippen molar-refractivity contribution < 1.29 is 36.5 Å². The molecule has 1 N–H and O–H groups in total. The van der Waals surface area contributed by atoms with Gasteiger partial charge in [-0.15, -0.1) is 0 Å². The average molecular weight is 555 g/mol. The molecule has 2 saturated carbocycles. The highest BCUT2D eigenvalue weighted by atomic mass is 19.3. The molecule has 2 fully saturated rings. The highest BCUT2D eigenvalue weighted by Gasteiger charge is 2.44. The summed E-state index contributed by atoms with van der Waals surface area (Å²) in [7, 11) is 0. The highest BCUT2D eigenvalue weighted by Crippen LogP contribution is 2.44. The molecule has 2 aliphatic carbocycles. The van der Waals surface area contributed by atoms with Crippen molar-refractivity contribution in [3.63, 3.8) is 0 Å². The van der Waals surface area contributed by atoms with Crippen molar-refractivity contribution in [2.75, 3.05) is 13.4 Å². The molecular formula is C31H39F5O3. The van der Waals surface area contributed by atoms with E-state index >= 15 is 8.78 Å². The minimum Gasteiger partial charge on any atom is -0.432 e. The van der Waals surface area contributed by atoms with Crippen molar-refractivity contribution in [3.8, 4) is 16.9 Å². The SMILES string of the molecule is Cc1c(F)cc(-c2ccc(OC(F)(F)C3CCC(CC(COCO)C4CCC(C)CC4)CC3)cc2F)cc1F. The van der Waals surface area contributed by atoms with Crippen LogP contribution in [0.5, 0.6) is 5.75 Å². The zero-order chi connectivity index (χ0) is 28.2. The van der Waals surface area contributed by atoms with E-state index < -0.39 is 29.5 Å². The number of hydrogen-bond acceptors (Lipinski definition) is 3. The zero-order valence-corrected chi connectivity index (χ0v) is 22.7. The third kappa shape index (κ3) is 7.51. The number of aliphatic hydroxyl groups excluding tert-OH is 1. The molecule has 1 unspecified atom stereocenters. The molecule has 3 nitrogen and oxygen atoms in total. The predicted octanol–water partition coefficient (Wildman–Crippen LogP) is 8.66. The fraction of sp³-hybridized carbons (Fsp3) is 0.613. The lowest BCUT2D eigenvalue weighted by Gasteiger charge is -2.37. The van der Waals surface area contributed by atoms with Gasteiger partial charge < -0.3 is 14.6 Å². The Morgan fingerprint density at radius 3 is 2.13 bits per heavy atom. The smallest absolute Gasteiger partial charge is 0.400 e. The molecule has 0 heterocycles. The maximum absolute atomic E-state index is 15.1. The average Bonchev–Trinajstić information content (AvgIpc) is 2.90. The van der Waals surface area contributed by atoms with Gasteiger partial charge in [0.2, 0.25) is 0 Å². The van der Waals surface area contributed by atoms with Crippen molar-refractivity contribution in [2.24, 2.45) is 29.6 Å². The monoisotopic (exact) mass is 554 g/mol. The summed E-state index contributed by atoms with van der Waals surface area (Å²) < 4.78 is 83.1. The first-order chi connectivity index (χ1) is 18.6. The first-order valence-corrected chi connectivity index (χ1v) is 14.1. The fourth-order valence-corrected chi connectivity index (χ4v) is 6.35. The van der Waals surface area contributed by atoms with Crippen LogP contribution in [0.15, 0.2) is 30.3 Å². The van der Waals surface area contributed by atoms with Crippen molar-refractivity contribution in [1.29, 1.82) is 0 Å². The van der Waals surface area contributed by atoms with E-state index in [1.54, 1.807) is 0 Å². The van der Waals surface area contributed by atoms with Gasteiger partial charge in [0.1, 0.15) is 30.0 Å². The summed E-state index contributed by atoms with van der Waals surface area (Å²) in [6.07, 6.45) is 4.01. The van der Waals surface area contributed by atoms with Crippen molar-refractivity contribution in [3.05, 3.63) is 53.3 Å². The summed E-state index contributed by atoms with van der Waals surface area (Å²) in [6.45, 7) is 3.74. The van der Waals surface area contributed by atoms with E-state index in [1.165, 1.54) is 31.9 Å². The van der Waals surface area contributed by atoms with Crippen LogP contribution >= 0.6 is 0 Å². The van der Waals surface area contributed by atoms with Crippen LogP contribution in [0.4, 0.5) is 22.0 Å². The number of hydrogen-bond donors (Lipinski definition) is 1. The molecule has 216 valence electrons. The number of rotatable bonds is 10. The van der Waals surface area contributed by atoms with E-state index in [2.05, 4.69) is 6.92 Å².